The van der Waals surface area contributed by atoms with Gasteiger partial charge in [0, 0.05) is 11.6 Å². The summed E-state index contributed by atoms with van der Waals surface area (Å²) in [5, 5.41) is 7.62. The van der Waals surface area contributed by atoms with Gasteiger partial charge in [0.15, 0.2) is 0 Å². The number of sulfone groups is 1. The summed E-state index contributed by atoms with van der Waals surface area (Å²) < 4.78 is 49.9. The standard InChI is InChI=1S/C20H18F2N4O3S2/c21-19(22)31(28,29)16-10-8-14(9-11-16)23-17(27)12-30-20-24-18(13-6-7-13)26(25-20)15-4-2-1-3-5-15/h1-5,8-11,13,19H,6-7,12H2,(H,23,27). The fourth-order valence-electron chi connectivity index (χ4n) is 2.89. The Morgan fingerprint density at radius 3 is 2.42 bits per heavy atom. The summed E-state index contributed by atoms with van der Waals surface area (Å²) >= 11 is 1.18. The van der Waals surface area contributed by atoms with Crippen molar-refractivity contribution in [3.63, 3.8) is 0 Å². The number of nitrogens with one attached hydrogen (secondary N) is 1. The van der Waals surface area contributed by atoms with Gasteiger partial charge in [-0.15, -0.1) is 5.10 Å². The van der Waals surface area contributed by atoms with E-state index < -0.39 is 20.5 Å². The summed E-state index contributed by atoms with van der Waals surface area (Å²) in [6.45, 7) is 0. The summed E-state index contributed by atoms with van der Waals surface area (Å²) in [7, 11) is -4.66. The molecule has 2 aromatic carbocycles. The molecule has 1 saturated carbocycles. The number of aromatic nitrogens is 3. The van der Waals surface area contributed by atoms with Gasteiger partial charge in [-0.05, 0) is 49.2 Å². The number of hydrogen-bond acceptors (Lipinski definition) is 6. The third kappa shape index (κ3) is 4.93. The molecule has 11 heteroatoms. The largest absolute Gasteiger partial charge is 0.341 e. The van der Waals surface area contributed by atoms with Gasteiger partial charge in [0.2, 0.25) is 20.9 Å². The number of nitrogens with zero attached hydrogens (tertiary/aromatic N) is 3. The van der Waals surface area contributed by atoms with E-state index in [9.17, 15) is 22.0 Å². The van der Waals surface area contributed by atoms with Gasteiger partial charge in [0.25, 0.3) is 0 Å². The molecule has 0 atom stereocenters. The Labute approximate surface area is 181 Å². The first kappa shape index (κ1) is 21.4. The Morgan fingerprint density at radius 1 is 1.13 bits per heavy atom. The van der Waals surface area contributed by atoms with Gasteiger partial charge in [-0.3, -0.25) is 4.79 Å². The van der Waals surface area contributed by atoms with Crippen LogP contribution in [0.3, 0.4) is 0 Å². The molecular weight excluding hydrogens is 446 g/mol. The van der Waals surface area contributed by atoms with Crippen LogP contribution in [0.5, 0.6) is 0 Å². The summed E-state index contributed by atoms with van der Waals surface area (Å²) in [5.41, 5.74) is 1.22. The highest BCUT2D eigenvalue weighted by atomic mass is 32.2. The van der Waals surface area contributed by atoms with Crippen LogP contribution in [-0.4, -0.2) is 40.6 Å². The molecule has 0 bridgehead atoms. The third-order valence-electron chi connectivity index (χ3n) is 4.59. The topological polar surface area (TPSA) is 93.9 Å². The van der Waals surface area contributed by atoms with Crippen LogP contribution in [0.4, 0.5) is 14.5 Å². The van der Waals surface area contributed by atoms with Crippen molar-refractivity contribution in [2.24, 2.45) is 0 Å². The lowest BCUT2D eigenvalue weighted by Gasteiger charge is -2.06. The molecule has 0 saturated heterocycles. The lowest BCUT2D eigenvalue weighted by molar-refractivity contribution is -0.113. The SMILES string of the molecule is O=C(CSc1nc(C2CC2)n(-c2ccccc2)n1)Nc1ccc(S(=O)(=O)C(F)F)cc1. The first-order valence-electron chi connectivity index (χ1n) is 9.42. The van der Waals surface area contributed by atoms with E-state index in [4.69, 9.17) is 0 Å². The van der Waals surface area contributed by atoms with Crippen molar-refractivity contribution in [2.75, 3.05) is 11.1 Å². The van der Waals surface area contributed by atoms with Crippen LogP contribution < -0.4 is 5.32 Å². The van der Waals surface area contributed by atoms with Crippen LogP contribution in [0, 0.1) is 0 Å². The Hall–Kier alpha value is -2.79. The Morgan fingerprint density at radius 2 is 1.81 bits per heavy atom. The predicted molar refractivity (Wildman–Crippen MR) is 112 cm³/mol. The van der Waals surface area contributed by atoms with Crippen LogP contribution in [0.2, 0.25) is 0 Å². The van der Waals surface area contributed by atoms with E-state index in [1.54, 1.807) is 4.68 Å². The van der Waals surface area contributed by atoms with Crippen molar-refractivity contribution in [1.29, 1.82) is 0 Å². The van der Waals surface area contributed by atoms with Crippen LogP contribution in [0.25, 0.3) is 5.69 Å². The molecule has 31 heavy (non-hydrogen) atoms. The second-order valence-electron chi connectivity index (χ2n) is 6.94. The van der Waals surface area contributed by atoms with E-state index in [0.29, 0.717) is 16.8 Å². The molecule has 7 nitrogen and oxygen atoms in total. The molecule has 0 aliphatic heterocycles. The average Bonchev–Trinajstić information content (AvgIpc) is 3.52. The maximum absolute atomic E-state index is 12.6. The lowest BCUT2D eigenvalue weighted by Crippen LogP contribution is -2.15. The van der Waals surface area contributed by atoms with E-state index >= 15 is 0 Å². The van der Waals surface area contributed by atoms with Gasteiger partial charge in [0.05, 0.1) is 16.3 Å². The number of anilines is 1. The molecule has 1 heterocycles. The van der Waals surface area contributed by atoms with Crippen LogP contribution in [0.1, 0.15) is 24.6 Å². The second-order valence-corrected chi connectivity index (χ2v) is 9.80. The monoisotopic (exact) mass is 464 g/mol. The van der Waals surface area contributed by atoms with Gasteiger partial charge in [0.1, 0.15) is 5.82 Å². The summed E-state index contributed by atoms with van der Waals surface area (Å²) in [4.78, 5) is 16.3. The van der Waals surface area contributed by atoms with Crippen molar-refractivity contribution in [3.8, 4) is 5.69 Å². The van der Waals surface area contributed by atoms with Crippen molar-refractivity contribution in [3.05, 3.63) is 60.4 Å². The van der Waals surface area contributed by atoms with Gasteiger partial charge >= 0.3 is 5.76 Å². The van der Waals surface area contributed by atoms with Crippen LogP contribution in [-0.2, 0) is 14.6 Å². The molecule has 0 spiro atoms. The number of hydrogen-bond donors (Lipinski definition) is 1. The zero-order chi connectivity index (χ0) is 22.0. The van der Waals surface area contributed by atoms with Gasteiger partial charge in [-0.1, -0.05) is 30.0 Å². The lowest BCUT2D eigenvalue weighted by atomic mass is 10.3. The molecule has 1 fully saturated rings. The molecule has 1 aromatic heterocycles. The molecular formula is C20H18F2N4O3S2. The van der Waals surface area contributed by atoms with E-state index in [2.05, 4.69) is 15.4 Å². The molecule has 1 aliphatic carbocycles. The smallest absolute Gasteiger partial charge is 0.325 e. The maximum Gasteiger partial charge on any atom is 0.341 e. The zero-order valence-electron chi connectivity index (χ0n) is 16.1. The zero-order valence-corrected chi connectivity index (χ0v) is 17.7. The van der Waals surface area contributed by atoms with Gasteiger partial charge in [-0.2, -0.15) is 8.78 Å². The van der Waals surface area contributed by atoms with Crippen molar-refractivity contribution in [2.45, 2.75) is 34.6 Å². The highest BCUT2D eigenvalue weighted by Crippen LogP contribution is 2.40. The van der Waals surface area contributed by atoms with Crippen molar-refractivity contribution >= 4 is 33.2 Å². The number of benzene rings is 2. The molecule has 1 aliphatic rings. The highest BCUT2D eigenvalue weighted by molar-refractivity contribution is 7.99. The van der Waals surface area contributed by atoms with Crippen LogP contribution in [0.15, 0.2) is 64.6 Å². The number of amides is 1. The molecule has 0 radical (unpaired) electrons. The normalized spacial score (nSPS) is 14.0. The number of rotatable bonds is 8. The number of carbonyl (C=O) groups is 1. The van der Waals surface area contributed by atoms with E-state index in [1.165, 1.54) is 23.9 Å². The fourth-order valence-corrected chi connectivity index (χ4v) is 4.24. The maximum atomic E-state index is 12.6. The van der Waals surface area contributed by atoms with E-state index in [-0.39, 0.29) is 11.7 Å². The minimum absolute atomic E-state index is 0.0417. The number of carbonyl (C=O) groups excluding carboxylic acids is 1. The summed E-state index contributed by atoms with van der Waals surface area (Å²) in [6.07, 6.45) is 2.13. The first-order chi connectivity index (χ1) is 14.8. The van der Waals surface area contributed by atoms with Gasteiger partial charge < -0.3 is 5.32 Å². The Balaban J connectivity index is 1.39. The predicted octanol–water partition coefficient (Wildman–Crippen LogP) is 3.87. The van der Waals surface area contributed by atoms with E-state index in [0.717, 1.165) is 36.5 Å². The molecule has 4 rings (SSSR count). The fraction of sp³-hybridized carbons (Fsp3) is 0.250. The van der Waals surface area contributed by atoms with Gasteiger partial charge in [-0.25, -0.2) is 18.1 Å². The molecule has 3 aromatic rings. The molecule has 1 N–H and O–H groups in total. The van der Waals surface area contributed by atoms with E-state index in [1.807, 2.05) is 30.3 Å². The summed E-state index contributed by atoms with van der Waals surface area (Å²) in [6, 6.07) is 14.3. The number of alkyl halides is 2. The van der Waals surface area contributed by atoms with Crippen LogP contribution >= 0.6 is 11.8 Å². The number of thioether (sulfide) groups is 1. The van der Waals surface area contributed by atoms with Crippen molar-refractivity contribution < 1.29 is 22.0 Å². The molecule has 162 valence electrons. The minimum Gasteiger partial charge on any atom is -0.325 e. The summed E-state index contributed by atoms with van der Waals surface area (Å²) in [5.74, 6) is -2.55. The van der Waals surface area contributed by atoms with Crippen molar-refractivity contribution in [1.82, 2.24) is 14.8 Å². The molecule has 1 amide bonds. The quantitative estimate of drug-likeness (QED) is 0.509. The second kappa shape index (κ2) is 8.75. The Bertz CT molecular complexity index is 1180. The number of halogens is 2. The highest BCUT2D eigenvalue weighted by Gasteiger charge is 2.30. The Kier molecular flexibility index (Phi) is 6.05. The minimum atomic E-state index is -4.66. The third-order valence-corrected chi connectivity index (χ3v) is 6.83. The molecule has 0 unspecified atom stereocenters. The average molecular weight is 465 g/mol. The number of para-hydroxylation sites is 1. The first-order valence-corrected chi connectivity index (χ1v) is 11.9.